The maximum Gasteiger partial charge on any atom is 0.269 e. The lowest BCUT2D eigenvalue weighted by Gasteiger charge is -2.30. The van der Waals surface area contributed by atoms with Crippen molar-refractivity contribution in [2.24, 2.45) is 0 Å². The highest BCUT2D eigenvalue weighted by molar-refractivity contribution is 7.90. The molecule has 176 valence electrons. The number of hydrogen-bond acceptors (Lipinski definition) is 5. The summed E-state index contributed by atoms with van der Waals surface area (Å²) in [5.41, 5.74) is 0.771. The average molecular weight is 476 g/mol. The highest BCUT2D eigenvalue weighted by Crippen LogP contribution is 2.30. The molecule has 1 unspecified atom stereocenters. The molecule has 0 aromatic heterocycles. The van der Waals surface area contributed by atoms with Crippen LogP contribution in [0.25, 0.3) is 0 Å². The molecule has 3 rings (SSSR count). The van der Waals surface area contributed by atoms with Gasteiger partial charge >= 0.3 is 0 Å². The van der Waals surface area contributed by atoms with Crippen molar-refractivity contribution in [3.8, 4) is 0 Å². The first-order valence-corrected chi connectivity index (χ1v) is 12.1. The minimum atomic E-state index is -3.95. The zero-order valence-electron chi connectivity index (χ0n) is 18.5. The Morgan fingerprint density at radius 2 is 1.79 bits per heavy atom. The SMILES string of the molecule is CCC(C(=O)NC)N(Cc1ccc(F)cc1)C(=O)CCCN1C(=O)c2ccccc2S1(=O)=O. The molecule has 0 fully saturated rings. The van der Waals surface area contributed by atoms with Crippen LogP contribution >= 0.6 is 0 Å². The fraction of sp³-hybridized carbons (Fsp3) is 0.348. The van der Waals surface area contributed by atoms with Crippen molar-refractivity contribution in [1.82, 2.24) is 14.5 Å². The zero-order valence-corrected chi connectivity index (χ0v) is 19.3. The fourth-order valence-corrected chi connectivity index (χ4v) is 5.45. The predicted octanol–water partition coefficient (Wildman–Crippen LogP) is 2.30. The summed E-state index contributed by atoms with van der Waals surface area (Å²) in [6.07, 6.45) is 0.396. The van der Waals surface area contributed by atoms with E-state index in [0.29, 0.717) is 12.0 Å². The monoisotopic (exact) mass is 475 g/mol. The van der Waals surface area contributed by atoms with Gasteiger partial charge in [-0.2, -0.15) is 0 Å². The number of benzene rings is 2. The van der Waals surface area contributed by atoms with Crippen LogP contribution in [0.4, 0.5) is 4.39 Å². The summed E-state index contributed by atoms with van der Waals surface area (Å²) in [7, 11) is -2.47. The van der Waals surface area contributed by atoms with E-state index in [1.807, 2.05) is 0 Å². The van der Waals surface area contributed by atoms with Crippen LogP contribution in [-0.4, -0.2) is 55.0 Å². The van der Waals surface area contributed by atoms with E-state index in [0.717, 1.165) is 4.31 Å². The predicted molar refractivity (Wildman–Crippen MR) is 119 cm³/mol. The Kier molecular flexibility index (Phi) is 7.47. The van der Waals surface area contributed by atoms with Crippen molar-refractivity contribution in [3.63, 3.8) is 0 Å². The standard InChI is InChI=1S/C23H26FN3O5S/c1-3-19(22(29)25-2)26(15-16-10-12-17(24)13-11-16)21(28)9-6-14-27-23(30)18-7-4-5-8-20(18)33(27,31)32/h4-5,7-8,10-13,19H,3,6,9,14-15H2,1-2H3,(H,25,29). The number of likely N-dealkylation sites (N-methyl/N-ethyl adjacent to an activating group) is 1. The molecule has 8 nitrogen and oxygen atoms in total. The fourth-order valence-electron chi connectivity index (χ4n) is 3.84. The number of carbonyl (C=O) groups excluding carboxylic acids is 3. The van der Waals surface area contributed by atoms with Crippen molar-refractivity contribution >= 4 is 27.7 Å². The third kappa shape index (κ3) is 5.05. The van der Waals surface area contributed by atoms with Crippen LogP contribution in [-0.2, 0) is 26.2 Å². The molecule has 0 spiro atoms. The first-order valence-electron chi connectivity index (χ1n) is 10.6. The van der Waals surface area contributed by atoms with E-state index in [1.54, 1.807) is 31.2 Å². The Balaban J connectivity index is 1.72. The summed E-state index contributed by atoms with van der Waals surface area (Å²) in [6, 6.07) is 10.9. The second-order valence-corrected chi connectivity index (χ2v) is 9.50. The zero-order chi connectivity index (χ0) is 24.2. The molecule has 3 amide bonds. The van der Waals surface area contributed by atoms with Gasteiger partial charge in [-0.1, -0.05) is 31.2 Å². The molecule has 2 aromatic rings. The minimum Gasteiger partial charge on any atom is -0.357 e. The molecule has 1 heterocycles. The van der Waals surface area contributed by atoms with Crippen molar-refractivity contribution in [2.45, 2.75) is 43.7 Å². The molecule has 1 aliphatic heterocycles. The topological polar surface area (TPSA) is 104 Å². The number of rotatable bonds is 9. The third-order valence-corrected chi connectivity index (χ3v) is 7.40. The molecule has 0 saturated heterocycles. The van der Waals surface area contributed by atoms with E-state index in [1.165, 1.54) is 36.2 Å². The highest BCUT2D eigenvalue weighted by Gasteiger charge is 2.40. The smallest absolute Gasteiger partial charge is 0.269 e. The summed E-state index contributed by atoms with van der Waals surface area (Å²) in [6.45, 7) is 1.72. The van der Waals surface area contributed by atoms with Crippen molar-refractivity contribution in [2.75, 3.05) is 13.6 Å². The third-order valence-electron chi connectivity index (χ3n) is 5.56. The molecule has 2 aromatic carbocycles. The van der Waals surface area contributed by atoms with Crippen LogP contribution in [0.1, 0.15) is 42.1 Å². The molecule has 0 bridgehead atoms. The number of nitrogens with one attached hydrogen (secondary N) is 1. The number of halogens is 1. The molecular weight excluding hydrogens is 449 g/mol. The molecule has 0 saturated carbocycles. The summed E-state index contributed by atoms with van der Waals surface area (Å²) >= 11 is 0. The van der Waals surface area contributed by atoms with Crippen LogP contribution in [0, 0.1) is 5.82 Å². The van der Waals surface area contributed by atoms with Crippen molar-refractivity contribution < 1.29 is 27.2 Å². The van der Waals surface area contributed by atoms with Gasteiger partial charge in [-0.25, -0.2) is 17.1 Å². The Morgan fingerprint density at radius 1 is 1.12 bits per heavy atom. The second kappa shape index (κ2) is 10.1. The summed E-state index contributed by atoms with van der Waals surface area (Å²) in [5.74, 6) is -1.72. The Bertz CT molecular complexity index is 1150. The van der Waals surface area contributed by atoms with Gasteiger partial charge in [0.15, 0.2) is 0 Å². The van der Waals surface area contributed by atoms with E-state index < -0.39 is 27.8 Å². The van der Waals surface area contributed by atoms with Crippen LogP contribution in [0.5, 0.6) is 0 Å². The van der Waals surface area contributed by atoms with E-state index in [-0.39, 0.29) is 48.2 Å². The number of fused-ring (bicyclic) bond motifs is 1. The molecule has 0 radical (unpaired) electrons. The van der Waals surface area contributed by atoms with Gasteiger partial charge in [0.1, 0.15) is 16.8 Å². The normalized spacial score (nSPS) is 15.1. The van der Waals surface area contributed by atoms with Crippen LogP contribution < -0.4 is 5.32 Å². The van der Waals surface area contributed by atoms with Gasteiger partial charge in [0.05, 0.1) is 5.56 Å². The Hall–Kier alpha value is -3.27. The summed E-state index contributed by atoms with van der Waals surface area (Å²) < 4.78 is 39.4. The number of carbonyl (C=O) groups is 3. The first kappa shape index (κ1) is 24.4. The molecule has 1 N–H and O–H groups in total. The first-order chi connectivity index (χ1) is 15.7. The number of amides is 3. The molecular formula is C23H26FN3O5S. The number of sulfonamides is 1. The molecule has 10 heteroatoms. The van der Waals surface area contributed by atoms with Gasteiger partial charge in [-0.3, -0.25) is 14.4 Å². The van der Waals surface area contributed by atoms with Gasteiger partial charge in [-0.05, 0) is 42.7 Å². The van der Waals surface area contributed by atoms with Gasteiger partial charge < -0.3 is 10.2 Å². The maximum atomic E-state index is 13.3. The molecule has 0 aliphatic carbocycles. The quantitative estimate of drug-likeness (QED) is 0.599. The summed E-state index contributed by atoms with van der Waals surface area (Å²) in [5, 5.41) is 2.55. The Morgan fingerprint density at radius 3 is 2.39 bits per heavy atom. The van der Waals surface area contributed by atoms with Gasteiger partial charge in [0, 0.05) is 26.6 Å². The Labute approximate surface area is 192 Å². The van der Waals surface area contributed by atoms with Gasteiger partial charge in [0.25, 0.3) is 15.9 Å². The van der Waals surface area contributed by atoms with Crippen LogP contribution in [0.3, 0.4) is 0 Å². The molecule has 33 heavy (non-hydrogen) atoms. The van der Waals surface area contributed by atoms with E-state index in [4.69, 9.17) is 0 Å². The van der Waals surface area contributed by atoms with Gasteiger partial charge in [-0.15, -0.1) is 0 Å². The lowest BCUT2D eigenvalue weighted by atomic mass is 10.1. The maximum absolute atomic E-state index is 13.3. The summed E-state index contributed by atoms with van der Waals surface area (Å²) in [4.78, 5) is 39.4. The van der Waals surface area contributed by atoms with Crippen LogP contribution in [0.15, 0.2) is 53.4 Å². The van der Waals surface area contributed by atoms with Gasteiger partial charge in [0.2, 0.25) is 11.8 Å². The van der Waals surface area contributed by atoms with E-state index >= 15 is 0 Å². The number of hydrogen-bond donors (Lipinski definition) is 1. The average Bonchev–Trinajstić information content (AvgIpc) is 3.00. The molecule has 1 atom stereocenters. The molecule has 1 aliphatic rings. The second-order valence-electron chi connectivity index (χ2n) is 7.67. The lowest BCUT2D eigenvalue weighted by molar-refractivity contribution is -0.141. The largest absolute Gasteiger partial charge is 0.357 e. The van der Waals surface area contributed by atoms with Crippen LogP contribution in [0.2, 0.25) is 0 Å². The highest BCUT2D eigenvalue weighted by atomic mass is 32.2. The lowest BCUT2D eigenvalue weighted by Crippen LogP contribution is -2.48. The van der Waals surface area contributed by atoms with E-state index in [9.17, 15) is 27.2 Å². The van der Waals surface area contributed by atoms with Crippen molar-refractivity contribution in [1.29, 1.82) is 0 Å². The van der Waals surface area contributed by atoms with Crippen molar-refractivity contribution in [3.05, 3.63) is 65.5 Å². The number of nitrogens with zero attached hydrogens (tertiary/aromatic N) is 2. The van der Waals surface area contributed by atoms with E-state index in [2.05, 4.69) is 5.32 Å². The minimum absolute atomic E-state index is 0.0371.